The number of carbonyl (C=O) groups is 1. The van der Waals surface area contributed by atoms with Gasteiger partial charge in [-0.25, -0.2) is 22.0 Å². The molecule has 0 spiro atoms. The molecule has 1 aromatic carbocycles. The molecule has 148 valence electrons. The molecule has 1 heterocycles. The number of hydrogen-bond acceptors (Lipinski definition) is 2. The molecule has 13 heteroatoms. The Morgan fingerprint density at radius 2 is 1.48 bits per heavy atom. The van der Waals surface area contributed by atoms with Crippen LogP contribution in [0.3, 0.4) is 0 Å². The number of halogens is 9. The minimum absolute atomic E-state index is 0.151. The van der Waals surface area contributed by atoms with E-state index in [1.54, 1.807) is 0 Å². The number of nitrogens with one attached hydrogen (secondary N) is 1. The Morgan fingerprint density at radius 3 is 1.89 bits per heavy atom. The van der Waals surface area contributed by atoms with E-state index in [-0.39, 0.29) is 5.69 Å². The molecule has 1 unspecified atom stereocenters. The van der Waals surface area contributed by atoms with Crippen LogP contribution in [0.25, 0.3) is 0 Å². The van der Waals surface area contributed by atoms with Crippen molar-refractivity contribution in [3.05, 3.63) is 44.9 Å². The zero-order chi connectivity index (χ0) is 20.8. The van der Waals surface area contributed by atoms with Gasteiger partial charge in [0.05, 0.1) is 10.2 Å². The largest absolute Gasteiger partial charge is 0.436 e. The summed E-state index contributed by atoms with van der Waals surface area (Å²) in [6.45, 7) is 2.20. The van der Waals surface area contributed by atoms with Gasteiger partial charge in [0.2, 0.25) is 11.7 Å². The highest BCUT2D eigenvalue weighted by atomic mass is 79.9. The van der Waals surface area contributed by atoms with Gasteiger partial charge < -0.3 is 5.32 Å². The van der Waals surface area contributed by atoms with Crippen LogP contribution in [-0.4, -0.2) is 15.7 Å². The van der Waals surface area contributed by atoms with Crippen molar-refractivity contribution < 1.29 is 39.9 Å². The monoisotopic (exact) mass is 465 g/mol. The van der Waals surface area contributed by atoms with E-state index in [1.165, 1.54) is 12.2 Å². The highest BCUT2D eigenvalue weighted by Crippen LogP contribution is 2.36. The second-order valence-corrected chi connectivity index (χ2v) is 6.09. The molecule has 27 heavy (non-hydrogen) atoms. The summed E-state index contributed by atoms with van der Waals surface area (Å²) in [6, 6.07) is -1.58. The van der Waals surface area contributed by atoms with Gasteiger partial charge in [-0.3, -0.25) is 9.48 Å². The Labute approximate surface area is 154 Å². The maximum absolute atomic E-state index is 13.6. The summed E-state index contributed by atoms with van der Waals surface area (Å²) in [5.74, 6) is -12.9. The summed E-state index contributed by atoms with van der Waals surface area (Å²) in [6.07, 6.45) is -4.85. The van der Waals surface area contributed by atoms with Crippen molar-refractivity contribution in [1.82, 2.24) is 9.78 Å². The van der Waals surface area contributed by atoms with Crippen molar-refractivity contribution in [2.24, 2.45) is 0 Å². The molecule has 1 aromatic heterocycles. The third-order valence-electron chi connectivity index (χ3n) is 3.55. The highest BCUT2D eigenvalue weighted by Gasteiger charge is 2.39. The number of rotatable bonds is 3. The smallest absolute Gasteiger partial charge is 0.319 e. The SMILES string of the molecule is Cc1c(Br)c(C(F)(F)F)nn1C(C)C(=O)Nc1c(F)c(F)c(F)c(F)c1F. The number of aromatic nitrogens is 2. The molecular weight excluding hydrogens is 458 g/mol. The van der Waals surface area contributed by atoms with Crippen LogP contribution in [0.4, 0.5) is 40.8 Å². The summed E-state index contributed by atoms with van der Waals surface area (Å²) in [5.41, 5.74) is -3.12. The number of benzene rings is 1. The summed E-state index contributed by atoms with van der Waals surface area (Å²) >= 11 is 2.68. The van der Waals surface area contributed by atoms with Crippen LogP contribution >= 0.6 is 15.9 Å². The zero-order valence-electron chi connectivity index (χ0n) is 13.3. The fraction of sp³-hybridized carbons (Fsp3) is 0.286. The van der Waals surface area contributed by atoms with Crippen LogP contribution < -0.4 is 5.32 Å². The van der Waals surface area contributed by atoms with Gasteiger partial charge in [-0.15, -0.1) is 0 Å². The van der Waals surface area contributed by atoms with Crippen molar-refractivity contribution in [3.63, 3.8) is 0 Å². The predicted molar refractivity (Wildman–Crippen MR) is 79.2 cm³/mol. The van der Waals surface area contributed by atoms with Gasteiger partial charge >= 0.3 is 6.18 Å². The molecule has 1 atom stereocenters. The normalized spacial score (nSPS) is 13.0. The van der Waals surface area contributed by atoms with Crippen LogP contribution in [0.1, 0.15) is 24.4 Å². The molecule has 0 saturated heterocycles. The van der Waals surface area contributed by atoms with Crippen LogP contribution in [0.5, 0.6) is 0 Å². The highest BCUT2D eigenvalue weighted by molar-refractivity contribution is 9.10. The van der Waals surface area contributed by atoms with Gasteiger partial charge in [0.25, 0.3) is 0 Å². The van der Waals surface area contributed by atoms with Crippen LogP contribution in [0, 0.1) is 36.0 Å². The molecule has 4 nitrogen and oxygen atoms in total. The van der Waals surface area contributed by atoms with Crippen molar-refractivity contribution in [3.8, 4) is 0 Å². The Bertz CT molecular complexity index is 895. The first kappa shape index (κ1) is 21.1. The molecule has 1 N–H and O–H groups in total. The third kappa shape index (κ3) is 3.64. The standard InChI is InChI=1S/C14H8BrF8N3O/c1-3-5(15)12(14(21,22)23)25-26(3)4(2)13(27)24-11-9(19)7(17)6(16)8(18)10(11)20/h4H,1-2H3,(H,24,27). The first-order valence-corrected chi connectivity index (χ1v) is 7.72. The Balaban J connectivity index is 2.41. The molecule has 0 saturated carbocycles. The summed E-state index contributed by atoms with van der Waals surface area (Å²) < 4.78 is 105. The van der Waals surface area contributed by atoms with E-state index in [0.717, 1.165) is 6.92 Å². The maximum atomic E-state index is 13.6. The molecule has 2 rings (SSSR count). The molecule has 0 aliphatic rings. The molecule has 0 radical (unpaired) electrons. The number of amides is 1. The van der Waals surface area contributed by atoms with E-state index in [1.807, 2.05) is 0 Å². The quantitative estimate of drug-likeness (QED) is 0.399. The number of carbonyl (C=O) groups excluding carboxylic acids is 1. The summed E-state index contributed by atoms with van der Waals surface area (Å²) in [5, 5.41) is 4.71. The van der Waals surface area contributed by atoms with Gasteiger partial charge in [0.1, 0.15) is 11.7 Å². The number of anilines is 1. The molecular formula is C14H8BrF8N3O. The third-order valence-corrected chi connectivity index (χ3v) is 4.50. The first-order valence-electron chi connectivity index (χ1n) is 6.93. The molecule has 1 amide bonds. The van der Waals surface area contributed by atoms with Gasteiger partial charge in [0, 0.05) is 0 Å². The molecule has 0 aliphatic carbocycles. The van der Waals surface area contributed by atoms with E-state index in [9.17, 15) is 39.9 Å². The predicted octanol–water partition coefficient (Wildman–Crippen LogP) is 4.87. The average molecular weight is 466 g/mol. The summed E-state index contributed by atoms with van der Waals surface area (Å²) in [7, 11) is 0. The molecule has 0 aliphatic heterocycles. The zero-order valence-corrected chi connectivity index (χ0v) is 14.9. The molecule has 2 aromatic rings. The van der Waals surface area contributed by atoms with Crippen molar-refractivity contribution in [2.45, 2.75) is 26.1 Å². The van der Waals surface area contributed by atoms with Crippen molar-refractivity contribution in [1.29, 1.82) is 0 Å². The topological polar surface area (TPSA) is 46.9 Å². The van der Waals surface area contributed by atoms with Gasteiger partial charge in [-0.2, -0.15) is 18.3 Å². The lowest BCUT2D eigenvalue weighted by Crippen LogP contribution is -2.27. The fourth-order valence-corrected chi connectivity index (χ4v) is 2.60. The van der Waals surface area contributed by atoms with Gasteiger partial charge in [0.15, 0.2) is 29.0 Å². The second kappa shape index (κ2) is 7.09. The number of nitrogens with zero attached hydrogens (tertiary/aromatic N) is 2. The van der Waals surface area contributed by atoms with E-state index in [4.69, 9.17) is 0 Å². The van der Waals surface area contributed by atoms with Crippen molar-refractivity contribution >= 4 is 27.5 Å². The van der Waals surface area contributed by atoms with Gasteiger partial charge in [-0.05, 0) is 29.8 Å². The van der Waals surface area contributed by atoms with Crippen LogP contribution in [-0.2, 0) is 11.0 Å². The van der Waals surface area contributed by atoms with E-state index in [0.29, 0.717) is 4.68 Å². The molecule has 0 bridgehead atoms. The minimum atomic E-state index is -4.85. The lowest BCUT2D eigenvalue weighted by Gasteiger charge is -2.16. The van der Waals surface area contributed by atoms with E-state index in [2.05, 4.69) is 21.0 Å². The maximum Gasteiger partial charge on any atom is 0.436 e. The van der Waals surface area contributed by atoms with Crippen LogP contribution in [0.15, 0.2) is 4.47 Å². The average Bonchev–Trinajstić information content (AvgIpc) is 2.89. The number of alkyl halides is 3. The number of hydrogen-bond donors (Lipinski definition) is 1. The van der Waals surface area contributed by atoms with E-state index >= 15 is 0 Å². The molecule has 0 fully saturated rings. The Morgan fingerprint density at radius 1 is 1.04 bits per heavy atom. The second-order valence-electron chi connectivity index (χ2n) is 5.30. The van der Waals surface area contributed by atoms with Crippen molar-refractivity contribution in [2.75, 3.05) is 5.32 Å². The summed E-state index contributed by atoms with van der Waals surface area (Å²) in [4.78, 5) is 12.1. The lowest BCUT2D eigenvalue weighted by molar-refractivity contribution is -0.142. The Hall–Kier alpha value is -2.18. The minimum Gasteiger partial charge on any atom is -0.319 e. The van der Waals surface area contributed by atoms with Gasteiger partial charge in [-0.1, -0.05) is 0 Å². The Kier molecular flexibility index (Phi) is 5.55. The van der Waals surface area contributed by atoms with E-state index < -0.39 is 63.1 Å². The first-order chi connectivity index (χ1) is 12.3. The fourth-order valence-electron chi connectivity index (χ4n) is 2.11. The lowest BCUT2D eigenvalue weighted by atomic mass is 10.2. The van der Waals surface area contributed by atoms with Crippen LogP contribution in [0.2, 0.25) is 0 Å².